The van der Waals surface area contributed by atoms with E-state index in [1.54, 1.807) is 4.90 Å². The van der Waals surface area contributed by atoms with Gasteiger partial charge in [0, 0.05) is 32.1 Å². The van der Waals surface area contributed by atoms with Crippen LogP contribution in [0.3, 0.4) is 0 Å². The first-order valence-electron chi connectivity index (χ1n) is 5.99. The van der Waals surface area contributed by atoms with Crippen LogP contribution in [0.2, 0.25) is 0 Å². The van der Waals surface area contributed by atoms with Crippen molar-refractivity contribution in [1.82, 2.24) is 15.3 Å². The number of anilines is 2. The Hall–Kier alpha value is -2.06. The van der Waals surface area contributed by atoms with Crippen molar-refractivity contribution < 1.29 is 18.0 Å². The van der Waals surface area contributed by atoms with Crippen LogP contribution in [-0.4, -0.2) is 35.0 Å². The molecule has 0 radical (unpaired) electrons. The summed E-state index contributed by atoms with van der Waals surface area (Å²) in [5.74, 6) is -1.53. The van der Waals surface area contributed by atoms with Crippen molar-refractivity contribution in [2.24, 2.45) is 0 Å². The van der Waals surface area contributed by atoms with Crippen LogP contribution in [0.5, 0.6) is 0 Å². The van der Waals surface area contributed by atoms with Gasteiger partial charge in [-0.2, -0.15) is 13.2 Å². The van der Waals surface area contributed by atoms with E-state index in [1.165, 1.54) is 13.0 Å². The van der Waals surface area contributed by atoms with E-state index in [1.807, 2.05) is 0 Å². The number of carbonyl (C=O) groups excluding carboxylic acids is 1. The van der Waals surface area contributed by atoms with Crippen molar-refractivity contribution >= 4 is 17.5 Å². The molecule has 1 amide bonds. The number of aromatic nitrogens is 2. The number of nitrogens with two attached hydrogens (primary N) is 1. The molecule has 2 heterocycles. The Balaban J connectivity index is 2.18. The predicted octanol–water partition coefficient (Wildman–Crippen LogP) is 0.792. The Morgan fingerprint density at radius 3 is 2.80 bits per heavy atom. The standard InChI is InChI=1S/C11H14F3N5O/c1-6(20)16-7-2-3-19(5-7)9-4-8(15)17-10(18-9)11(12,13)14/h4,7H,2-3,5H2,1H3,(H,16,20)(H2,15,17,18). The molecule has 1 saturated heterocycles. The Bertz CT molecular complexity index is 519. The van der Waals surface area contributed by atoms with Crippen molar-refractivity contribution in [3.8, 4) is 0 Å². The lowest BCUT2D eigenvalue weighted by Gasteiger charge is -2.19. The van der Waals surface area contributed by atoms with E-state index in [9.17, 15) is 18.0 Å². The first-order valence-corrected chi connectivity index (χ1v) is 5.99. The van der Waals surface area contributed by atoms with Gasteiger partial charge >= 0.3 is 6.18 Å². The monoisotopic (exact) mass is 289 g/mol. The maximum atomic E-state index is 12.6. The Kier molecular flexibility index (Phi) is 3.69. The number of nitrogen functional groups attached to an aromatic ring is 1. The summed E-state index contributed by atoms with van der Waals surface area (Å²) < 4.78 is 37.9. The van der Waals surface area contributed by atoms with Crippen LogP contribution in [0.25, 0.3) is 0 Å². The summed E-state index contributed by atoms with van der Waals surface area (Å²) in [7, 11) is 0. The molecule has 1 fully saturated rings. The minimum Gasteiger partial charge on any atom is -0.384 e. The third-order valence-electron chi connectivity index (χ3n) is 2.91. The third-order valence-corrected chi connectivity index (χ3v) is 2.91. The zero-order valence-electron chi connectivity index (χ0n) is 10.7. The number of carbonyl (C=O) groups is 1. The van der Waals surface area contributed by atoms with Crippen molar-refractivity contribution in [2.45, 2.75) is 25.6 Å². The zero-order chi connectivity index (χ0) is 14.9. The van der Waals surface area contributed by atoms with Gasteiger partial charge in [-0.05, 0) is 6.42 Å². The summed E-state index contributed by atoms with van der Waals surface area (Å²) in [5.41, 5.74) is 5.39. The number of nitrogens with one attached hydrogen (secondary N) is 1. The molecule has 20 heavy (non-hydrogen) atoms. The topological polar surface area (TPSA) is 84.1 Å². The quantitative estimate of drug-likeness (QED) is 0.841. The molecule has 1 aromatic rings. The largest absolute Gasteiger partial charge is 0.451 e. The van der Waals surface area contributed by atoms with E-state index in [2.05, 4.69) is 15.3 Å². The van der Waals surface area contributed by atoms with Crippen molar-refractivity contribution in [3.63, 3.8) is 0 Å². The minimum absolute atomic E-state index is 0.0990. The molecule has 1 aliphatic rings. The van der Waals surface area contributed by atoms with E-state index in [4.69, 9.17) is 5.73 Å². The Morgan fingerprint density at radius 2 is 2.20 bits per heavy atom. The molecule has 0 bridgehead atoms. The van der Waals surface area contributed by atoms with Crippen LogP contribution in [0, 0.1) is 0 Å². The van der Waals surface area contributed by atoms with Crippen LogP contribution >= 0.6 is 0 Å². The summed E-state index contributed by atoms with van der Waals surface area (Å²) in [6.07, 6.45) is -3.99. The summed E-state index contributed by atoms with van der Waals surface area (Å²) >= 11 is 0. The number of hydrogen-bond donors (Lipinski definition) is 2. The number of hydrogen-bond acceptors (Lipinski definition) is 5. The lowest BCUT2D eigenvalue weighted by Crippen LogP contribution is -2.35. The van der Waals surface area contributed by atoms with E-state index >= 15 is 0 Å². The van der Waals surface area contributed by atoms with Gasteiger partial charge in [-0.1, -0.05) is 0 Å². The van der Waals surface area contributed by atoms with Gasteiger partial charge in [0.1, 0.15) is 11.6 Å². The third kappa shape index (κ3) is 3.28. The van der Waals surface area contributed by atoms with Gasteiger partial charge in [0.05, 0.1) is 0 Å². The Labute approximate surface area is 113 Å². The molecule has 9 heteroatoms. The number of rotatable bonds is 2. The molecule has 0 aliphatic carbocycles. The fourth-order valence-electron chi connectivity index (χ4n) is 2.12. The number of halogens is 3. The molecule has 1 aromatic heterocycles. The molecule has 110 valence electrons. The fourth-order valence-corrected chi connectivity index (χ4v) is 2.12. The highest BCUT2D eigenvalue weighted by atomic mass is 19.4. The van der Waals surface area contributed by atoms with E-state index in [0.717, 1.165) is 0 Å². The van der Waals surface area contributed by atoms with Crippen molar-refractivity contribution in [2.75, 3.05) is 23.7 Å². The van der Waals surface area contributed by atoms with Gasteiger partial charge < -0.3 is 16.0 Å². The highest BCUT2D eigenvalue weighted by molar-refractivity contribution is 5.73. The molecule has 3 N–H and O–H groups in total. The molecule has 2 rings (SSSR count). The molecule has 1 atom stereocenters. The predicted molar refractivity (Wildman–Crippen MR) is 65.9 cm³/mol. The van der Waals surface area contributed by atoms with Gasteiger partial charge in [0.15, 0.2) is 0 Å². The maximum Gasteiger partial charge on any atom is 0.451 e. The van der Waals surface area contributed by atoms with Gasteiger partial charge in [-0.3, -0.25) is 4.79 Å². The van der Waals surface area contributed by atoms with Gasteiger partial charge in [-0.15, -0.1) is 0 Å². The smallest absolute Gasteiger partial charge is 0.384 e. The molecule has 1 unspecified atom stereocenters. The van der Waals surface area contributed by atoms with Gasteiger partial charge in [0.25, 0.3) is 0 Å². The summed E-state index contributed by atoms with van der Waals surface area (Å²) in [6.45, 7) is 2.29. The molecule has 1 aliphatic heterocycles. The number of nitrogens with zero attached hydrogens (tertiary/aromatic N) is 3. The second-order valence-corrected chi connectivity index (χ2v) is 4.60. The second-order valence-electron chi connectivity index (χ2n) is 4.60. The van der Waals surface area contributed by atoms with E-state index in [-0.39, 0.29) is 23.6 Å². The van der Waals surface area contributed by atoms with Gasteiger partial charge in [-0.25, -0.2) is 9.97 Å². The lowest BCUT2D eigenvalue weighted by molar-refractivity contribution is -0.144. The average Bonchev–Trinajstić information content (AvgIpc) is 2.74. The van der Waals surface area contributed by atoms with Crippen LogP contribution < -0.4 is 16.0 Å². The molecule has 0 saturated carbocycles. The van der Waals surface area contributed by atoms with Crippen molar-refractivity contribution in [3.05, 3.63) is 11.9 Å². The summed E-state index contributed by atoms with van der Waals surface area (Å²) in [4.78, 5) is 19.3. The highest BCUT2D eigenvalue weighted by Crippen LogP contribution is 2.29. The van der Waals surface area contributed by atoms with E-state index < -0.39 is 12.0 Å². The average molecular weight is 289 g/mol. The number of alkyl halides is 3. The molecular weight excluding hydrogens is 275 g/mol. The Morgan fingerprint density at radius 1 is 1.50 bits per heavy atom. The van der Waals surface area contributed by atoms with E-state index in [0.29, 0.717) is 19.5 Å². The lowest BCUT2D eigenvalue weighted by atomic mass is 10.3. The second kappa shape index (κ2) is 5.14. The van der Waals surface area contributed by atoms with Gasteiger partial charge in [0.2, 0.25) is 11.7 Å². The van der Waals surface area contributed by atoms with Crippen molar-refractivity contribution in [1.29, 1.82) is 0 Å². The molecule has 0 aromatic carbocycles. The fraction of sp³-hybridized carbons (Fsp3) is 0.545. The summed E-state index contributed by atoms with van der Waals surface area (Å²) in [5, 5.41) is 2.72. The van der Waals surface area contributed by atoms with Crippen LogP contribution in [0.15, 0.2) is 6.07 Å². The maximum absolute atomic E-state index is 12.6. The first-order chi connectivity index (χ1) is 9.25. The number of amides is 1. The molecule has 0 spiro atoms. The summed E-state index contributed by atoms with van der Waals surface area (Å²) in [6, 6.07) is 1.20. The van der Waals surface area contributed by atoms with Crippen LogP contribution in [0.4, 0.5) is 24.8 Å². The van der Waals surface area contributed by atoms with Crippen LogP contribution in [0.1, 0.15) is 19.2 Å². The zero-order valence-corrected chi connectivity index (χ0v) is 10.7. The molecular formula is C11H14F3N5O. The first kappa shape index (κ1) is 14.4. The SMILES string of the molecule is CC(=O)NC1CCN(c2cc(N)nc(C(F)(F)F)n2)C1. The minimum atomic E-state index is -4.64. The van der Waals surface area contributed by atoms with Crippen LogP contribution in [-0.2, 0) is 11.0 Å². The highest BCUT2D eigenvalue weighted by Gasteiger charge is 2.36. The molecule has 6 nitrogen and oxygen atoms in total. The normalized spacial score (nSPS) is 19.2.